The minimum atomic E-state index is -3.62. The highest BCUT2D eigenvalue weighted by Crippen LogP contribution is 2.28. The van der Waals surface area contributed by atoms with Crippen LogP contribution in [0.4, 0.5) is 5.69 Å². The summed E-state index contributed by atoms with van der Waals surface area (Å²) in [4.78, 5) is 18.3. The quantitative estimate of drug-likeness (QED) is 0.417. The van der Waals surface area contributed by atoms with Crippen LogP contribution in [-0.4, -0.2) is 46.5 Å². The van der Waals surface area contributed by atoms with Gasteiger partial charge in [0.1, 0.15) is 5.69 Å². The minimum Gasteiger partial charge on any atom is -0.463 e. The summed E-state index contributed by atoms with van der Waals surface area (Å²) >= 11 is 0. The van der Waals surface area contributed by atoms with E-state index < -0.39 is 10.0 Å². The van der Waals surface area contributed by atoms with Crippen LogP contribution in [0.5, 0.6) is 0 Å². The van der Waals surface area contributed by atoms with Gasteiger partial charge in [0.05, 0.1) is 28.3 Å². The van der Waals surface area contributed by atoms with Gasteiger partial charge in [0, 0.05) is 24.8 Å². The molecule has 9 nitrogen and oxygen atoms in total. The first-order valence-electron chi connectivity index (χ1n) is 11.7. The molecule has 0 atom stereocenters. The van der Waals surface area contributed by atoms with Crippen LogP contribution in [0.3, 0.4) is 0 Å². The van der Waals surface area contributed by atoms with Crippen molar-refractivity contribution in [2.45, 2.75) is 44.0 Å². The van der Waals surface area contributed by atoms with Crippen LogP contribution in [0.25, 0.3) is 22.5 Å². The Labute approximate surface area is 203 Å². The lowest BCUT2D eigenvalue weighted by Crippen LogP contribution is -2.35. The highest BCUT2D eigenvalue weighted by Gasteiger charge is 2.26. The molecule has 1 N–H and O–H groups in total. The van der Waals surface area contributed by atoms with E-state index in [1.54, 1.807) is 53.5 Å². The number of aromatic nitrogens is 3. The average molecular weight is 494 g/mol. The van der Waals surface area contributed by atoms with Gasteiger partial charge in [-0.25, -0.2) is 18.1 Å². The number of hydrogen-bond donors (Lipinski definition) is 1. The number of carbonyl (C=O) groups is 1. The fraction of sp³-hybridized carbons (Fsp3) is 0.320. The predicted octanol–water partition coefficient (Wildman–Crippen LogP) is 4.70. The van der Waals surface area contributed by atoms with Gasteiger partial charge < -0.3 is 9.73 Å². The number of carbonyl (C=O) groups excluding carboxylic acids is 1. The number of fused-ring (bicyclic) bond motifs is 1. The zero-order valence-electron chi connectivity index (χ0n) is 19.6. The van der Waals surface area contributed by atoms with Crippen LogP contribution in [0.2, 0.25) is 0 Å². The van der Waals surface area contributed by atoms with E-state index in [4.69, 9.17) is 4.42 Å². The number of piperidine rings is 1. The van der Waals surface area contributed by atoms with Crippen molar-refractivity contribution < 1.29 is 17.6 Å². The number of furan rings is 1. The van der Waals surface area contributed by atoms with Crippen LogP contribution < -0.4 is 5.32 Å². The number of rotatable bonds is 6. The lowest BCUT2D eigenvalue weighted by Gasteiger charge is -2.26. The first-order chi connectivity index (χ1) is 16.8. The Bertz CT molecular complexity index is 1470. The third kappa shape index (κ3) is 4.46. The molecule has 1 amide bonds. The van der Waals surface area contributed by atoms with Gasteiger partial charge in [-0.1, -0.05) is 12.5 Å². The van der Waals surface area contributed by atoms with Crippen molar-refractivity contribution in [3.05, 3.63) is 60.5 Å². The molecular weight excluding hydrogens is 466 g/mol. The zero-order chi connectivity index (χ0) is 24.6. The van der Waals surface area contributed by atoms with E-state index in [0.29, 0.717) is 46.8 Å². The monoisotopic (exact) mass is 493 g/mol. The summed E-state index contributed by atoms with van der Waals surface area (Å²) in [6.07, 6.45) is 5.93. The summed E-state index contributed by atoms with van der Waals surface area (Å²) in [6.45, 7) is 5.01. The van der Waals surface area contributed by atoms with Crippen LogP contribution in [-0.2, 0) is 10.0 Å². The van der Waals surface area contributed by atoms with Crippen LogP contribution in [0.1, 0.15) is 49.5 Å². The lowest BCUT2D eigenvalue weighted by atomic mass is 10.1. The van der Waals surface area contributed by atoms with Gasteiger partial charge >= 0.3 is 0 Å². The molecule has 0 bridgehead atoms. The number of hydrogen-bond acceptors (Lipinski definition) is 6. The molecular formula is C25H27N5O4S. The molecule has 0 aliphatic carbocycles. The minimum absolute atomic E-state index is 0.0411. The molecule has 4 aromatic rings. The maximum Gasteiger partial charge on any atom is 0.256 e. The number of amides is 1. The van der Waals surface area contributed by atoms with Crippen molar-refractivity contribution in [1.82, 2.24) is 19.1 Å². The lowest BCUT2D eigenvalue weighted by molar-refractivity contribution is 0.102. The SMILES string of the molecule is CC(C)n1ncc2c(C(=O)Nc3cccc(S(=O)(=O)N4CCCCC4)c3)cc(-c3ccco3)nc21. The third-order valence-corrected chi connectivity index (χ3v) is 8.01. The molecule has 0 spiro atoms. The second-order valence-corrected chi connectivity index (χ2v) is 10.8. The number of sulfonamides is 1. The molecule has 1 aliphatic heterocycles. The molecule has 0 saturated carbocycles. The van der Waals surface area contributed by atoms with Gasteiger partial charge in [0.15, 0.2) is 11.4 Å². The first kappa shape index (κ1) is 23.3. The van der Waals surface area contributed by atoms with Gasteiger partial charge in [-0.2, -0.15) is 9.40 Å². The summed E-state index contributed by atoms with van der Waals surface area (Å²) in [5.74, 6) is 0.146. The van der Waals surface area contributed by atoms with Crippen molar-refractivity contribution in [1.29, 1.82) is 0 Å². The molecule has 182 valence electrons. The Morgan fingerprint density at radius 2 is 1.89 bits per heavy atom. The Morgan fingerprint density at radius 1 is 1.09 bits per heavy atom. The van der Waals surface area contributed by atoms with Crippen LogP contribution >= 0.6 is 0 Å². The molecule has 0 unspecified atom stereocenters. The molecule has 1 aliphatic rings. The largest absolute Gasteiger partial charge is 0.463 e. The van der Waals surface area contributed by atoms with Crippen LogP contribution in [0.15, 0.2) is 64.2 Å². The molecule has 4 heterocycles. The third-order valence-electron chi connectivity index (χ3n) is 6.12. The maximum absolute atomic E-state index is 13.4. The van der Waals surface area contributed by atoms with Gasteiger partial charge in [-0.3, -0.25) is 4.79 Å². The first-order valence-corrected chi connectivity index (χ1v) is 13.1. The average Bonchev–Trinajstić information content (AvgIpc) is 3.54. The van der Waals surface area contributed by atoms with E-state index in [1.165, 1.54) is 10.4 Å². The Kier molecular flexibility index (Phi) is 6.16. The van der Waals surface area contributed by atoms with Crippen LogP contribution in [0, 0.1) is 0 Å². The summed E-state index contributed by atoms with van der Waals surface area (Å²) in [6, 6.07) is 11.6. The highest BCUT2D eigenvalue weighted by atomic mass is 32.2. The van der Waals surface area contributed by atoms with Crippen molar-refractivity contribution >= 4 is 32.7 Å². The number of benzene rings is 1. The van der Waals surface area contributed by atoms with E-state index in [2.05, 4.69) is 15.4 Å². The number of nitrogens with zero attached hydrogens (tertiary/aromatic N) is 4. The molecule has 1 saturated heterocycles. The highest BCUT2D eigenvalue weighted by molar-refractivity contribution is 7.89. The molecule has 1 fully saturated rings. The number of anilines is 1. The van der Waals surface area contributed by atoms with Gasteiger partial charge in [-0.05, 0) is 63.1 Å². The predicted molar refractivity (Wildman–Crippen MR) is 133 cm³/mol. The Hall–Kier alpha value is -3.50. The standard InChI is InChI=1S/C25H27N5O4S/c1-17(2)30-24-21(16-26-30)20(15-22(28-24)23-10-7-13-34-23)25(31)27-18-8-6-9-19(14-18)35(32,33)29-11-4-3-5-12-29/h6-10,13-17H,3-5,11-12H2,1-2H3,(H,27,31). The summed E-state index contributed by atoms with van der Waals surface area (Å²) in [7, 11) is -3.62. The van der Waals surface area contributed by atoms with E-state index in [9.17, 15) is 13.2 Å². The Balaban J connectivity index is 1.50. The second kappa shape index (κ2) is 9.27. The van der Waals surface area contributed by atoms with E-state index in [-0.39, 0.29) is 16.8 Å². The summed E-state index contributed by atoms with van der Waals surface area (Å²) in [5.41, 5.74) is 1.85. The molecule has 3 aromatic heterocycles. The number of pyridine rings is 1. The van der Waals surface area contributed by atoms with Crippen molar-refractivity contribution in [3.63, 3.8) is 0 Å². The Morgan fingerprint density at radius 3 is 2.60 bits per heavy atom. The number of nitrogens with one attached hydrogen (secondary N) is 1. The van der Waals surface area contributed by atoms with Crippen molar-refractivity contribution in [2.75, 3.05) is 18.4 Å². The summed E-state index contributed by atoms with van der Waals surface area (Å²) in [5, 5.41) is 7.88. The summed E-state index contributed by atoms with van der Waals surface area (Å²) < 4.78 is 35.0. The van der Waals surface area contributed by atoms with E-state index in [1.807, 2.05) is 13.8 Å². The molecule has 1 aromatic carbocycles. The second-order valence-electron chi connectivity index (χ2n) is 8.90. The molecule has 35 heavy (non-hydrogen) atoms. The fourth-order valence-electron chi connectivity index (χ4n) is 4.32. The molecule has 10 heteroatoms. The van der Waals surface area contributed by atoms with E-state index >= 15 is 0 Å². The smallest absolute Gasteiger partial charge is 0.256 e. The molecule has 0 radical (unpaired) electrons. The topological polar surface area (TPSA) is 110 Å². The fourth-order valence-corrected chi connectivity index (χ4v) is 5.88. The van der Waals surface area contributed by atoms with E-state index in [0.717, 1.165) is 19.3 Å². The van der Waals surface area contributed by atoms with Crippen molar-refractivity contribution in [3.8, 4) is 11.5 Å². The van der Waals surface area contributed by atoms with Crippen molar-refractivity contribution in [2.24, 2.45) is 0 Å². The van der Waals surface area contributed by atoms with Gasteiger partial charge in [-0.15, -0.1) is 0 Å². The normalized spacial score (nSPS) is 15.1. The maximum atomic E-state index is 13.4. The zero-order valence-corrected chi connectivity index (χ0v) is 20.5. The van der Waals surface area contributed by atoms with Gasteiger partial charge in [0.2, 0.25) is 10.0 Å². The molecule has 5 rings (SSSR count). The van der Waals surface area contributed by atoms with Gasteiger partial charge in [0.25, 0.3) is 5.91 Å².